The molecule has 0 aliphatic rings. The van der Waals surface area contributed by atoms with Gasteiger partial charge in [0, 0.05) is 18.1 Å². The summed E-state index contributed by atoms with van der Waals surface area (Å²) in [5, 5.41) is 13.2. The molecule has 1 atom stereocenters. The first-order valence-corrected chi connectivity index (χ1v) is 10.9. The third-order valence-corrected chi connectivity index (χ3v) is 6.58. The minimum Gasteiger partial charge on any atom is -0.465 e. The van der Waals surface area contributed by atoms with Crippen LogP contribution in [0.1, 0.15) is 23.5 Å². The molecular weight excluding hydrogens is 404 g/mol. The van der Waals surface area contributed by atoms with Gasteiger partial charge >= 0.3 is 5.97 Å². The van der Waals surface area contributed by atoms with Gasteiger partial charge in [0.05, 0.1) is 17.2 Å². The maximum Gasteiger partial charge on any atom is 0.323 e. The van der Waals surface area contributed by atoms with Gasteiger partial charge in [0.2, 0.25) is 0 Å². The average molecular weight is 423 g/mol. The standard InChI is InChI=1S/C17H18N4O3S3/c1-4-24-16(23)13(15-18-10(2)8-26-15)11(22)9-27-17-20-19-14(21(17)3)12-6-5-7-25-12/h5-8,13H,4,9H2,1-3H3. The summed E-state index contributed by atoms with van der Waals surface area (Å²) in [4.78, 5) is 30.4. The summed E-state index contributed by atoms with van der Waals surface area (Å²) in [7, 11) is 1.86. The Kier molecular flexibility index (Phi) is 6.40. The van der Waals surface area contributed by atoms with Gasteiger partial charge in [0.25, 0.3) is 0 Å². The van der Waals surface area contributed by atoms with Crippen LogP contribution < -0.4 is 0 Å². The van der Waals surface area contributed by atoms with Crippen molar-refractivity contribution in [3.63, 3.8) is 0 Å². The molecule has 3 aromatic heterocycles. The highest BCUT2D eigenvalue weighted by atomic mass is 32.2. The summed E-state index contributed by atoms with van der Waals surface area (Å²) >= 11 is 4.12. The number of nitrogens with zero attached hydrogens (tertiary/aromatic N) is 4. The molecule has 0 fully saturated rings. The number of aryl methyl sites for hydroxylation is 1. The summed E-state index contributed by atoms with van der Waals surface area (Å²) in [6.45, 7) is 3.76. The van der Waals surface area contributed by atoms with Crippen LogP contribution in [-0.2, 0) is 21.4 Å². The van der Waals surface area contributed by atoms with E-state index in [1.54, 1.807) is 18.3 Å². The molecule has 0 saturated carbocycles. The van der Waals surface area contributed by atoms with Crippen molar-refractivity contribution in [2.45, 2.75) is 24.9 Å². The molecule has 0 spiro atoms. The molecule has 3 heterocycles. The van der Waals surface area contributed by atoms with Gasteiger partial charge in [-0.05, 0) is 25.3 Å². The lowest BCUT2D eigenvalue weighted by Gasteiger charge is -2.12. The summed E-state index contributed by atoms with van der Waals surface area (Å²) in [6, 6.07) is 3.92. The fourth-order valence-corrected chi connectivity index (χ4v) is 4.85. The van der Waals surface area contributed by atoms with Crippen molar-refractivity contribution < 1.29 is 14.3 Å². The Morgan fingerprint density at radius 3 is 2.78 bits per heavy atom. The number of thiazole rings is 1. The van der Waals surface area contributed by atoms with Crippen LogP contribution in [0.3, 0.4) is 0 Å². The molecule has 0 bridgehead atoms. The van der Waals surface area contributed by atoms with Crippen molar-refractivity contribution in [1.82, 2.24) is 19.7 Å². The molecule has 0 saturated heterocycles. The Hall–Kier alpha value is -2.04. The van der Waals surface area contributed by atoms with Crippen molar-refractivity contribution >= 4 is 46.2 Å². The molecular formula is C17H18N4O3S3. The van der Waals surface area contributed by atoms with Crippen LogP contribution >= 0.6 is 34.4 Å². The summed E-state index contributed by atoms with van der Waals surface area (Å²) in [6.07, 6.45) is 0. The van der Waals surface area contributed by atoms with Gasteiger partial charge in [0.1, 0.15) is 5.01 Å². The fraction of sp³-hybridized carbons (Fsp3) is 0.353. The fourth-order valence-electron chi connectivity index (χ4n) is 2.38. The number of carbonyl (C=O) groups is 2. The number of rotatable bonds is 8. The summed E-state index contributed by atoms with van der Waals surface area (Å²) in [5.74, 6) is -0.986. The van der Waals surface area contributed by atoms with Gasteiger partial charge in [0.15, 0.2) is 22.7 Å². The first-order valence-electron chi connectivity index (χ1n) is 8.18. The largest absolute Gasteiger partial charge is 0.465 e. The molecule has 0 aromatic carbocycles. The number of hydrogen-bond donors (Lipinski definition) is 0. The van der Waals surface area contributed by atoms with Crippen LogP contribution in [0.25, 0.3) is 10.7 Å². The highest BCUT2D eigenvalue weighted by molar-refractivity contribution is 7.99. The zero-order valence-electron chi connectivity index (χ0n) is 15.0. The SMILES string of the molecule is CCOC(=O)C(C(=O)CSc1nnc(-c2cccs2)n1C)c1nc(C)cs1. The van der Waals surface area contributed by atoms with Gasteiger partial charge < -0.3 is 9.30 Å². The van der Waals surface area contributed by atoms with E-state index in [0.717, 1.165) is 16.4 Å². The quantitative estimate of drug-likeness (QED) is 0.313. The predicted molar refractivity (Wildman–Crippen MR) is 106 cm³/mol. The van der Waals surface area contributed by atoms with E-state index in [2.05, 4.69) is 15.2 Å². The molecule has 0 aliphatic carbocycles. The van der Waals surface area contributed by atoms with Crippen molar-refractivity contribution in [2.75, 3.05) is 12.4 Å². The zero-order chi connectivity index (χ0) is 19.4. The molecule has 10 heteroatoms. The highest BCUT2D eigenvalue weighted by Crippen LogP contribution is 2.28. The van der Waals surface area contributed by atoms with E-state index >= 15 is 0 Å². The summed E-state index contributed by atoms with van der Waals surface area (Å²) < 4.78 is 6.93. The molecule has 0 radical (unpaired) electrons. The maximum absolute atomic E-state index is 12.8. The van der Waals surface area contributed by atoms with Crippen LogP contribution in [0.2, 0.25) is 0 Å². The topological polar surface area (TPSA) is 87.0 Å². The molecule has 0 amide bonds. The van der Waals surface area contributed by atoms with Gasteiger partial charge in [-0.3, -0.25) is 9.59 Å². The number of thioether (sulfide) groups is 1. The first-order chi connectivity index (χ1) is 13.0. The van der Waals surface area contributed by atoms with Crippen LogP contribution in [0.4, 0.5) is 0 Å². The van der Waals surface area contributed by atoms with Gasteiger partial charge in [-0.2, -0.15) is 0 Å². The van der Waals surface area contributed by atoms with E-state index in [1.165, 1.54) is 23.1 Å². The average Bonchev–Trinajstić information content (AvgIpc) is 3.36. The third kappa shape index (κ3) is 4.45. The number of aromatic nitrogens is 4. The maximum atomic E-state index is 12.8. The Bertz CT molecular complexity index is 933. The lowest BCUT2D eigenvalue weighted by atomic mass is 10.1. The number of ether oxygens (including phenoxy) is 1. The third-order valence-electron chi connectivity index (χ3n) is 3.65. The Labute approximate surface area is 168 Å². The van der Waals surface area contributed by atoms with E-state index in [4.69, 9.17) is 4.74 Å². The second kappa shape index (κ2) is 8.77. The molecule has 1 unspecified atom stereocenters. The van der Waals surface area contributed by atoms with Gasteiger partial charge in [-0.25, -0.2) is 4.98 Å². The summed E-state index contributed by atoms with van der Waals surface area (Å²) in [5.41, 5.74) is 0.777. The van der Waals surface area contributed by atoms with Crippen LogP contribution in [0, 0.1) is 6.92 Å². The molecule has 3 rings (SSSR count). The van der Waals surface area contributed by atoms with Crippen molar-refractivity contribution in [3.8, 4) is 10.7 Å². The molecule has 7 nitrogen and oxygen atoms in total. The predicted octanol–water partition coefficient (Wildman–Crippen LogP) is 3.32. The van der Waals surface area contributed by atoms with Crippen molar-refractivity contribution in [1.29, 1.82) is 0 Å². The van der Waals surface area contributed by atoms with E-state index in [-0.39, 0.29) is 18.1 Å². The van der Waals surface area contributed by atoms with Crippen molar-refractivity contribution in [3.05, 3.63) is 33.6 Å². The van der Waals surface area contributed by atoms with Gasteiger partial charge in [-0.15, -0.1) is 32.9 Å². The minimum atomic E-state index is -0.999. The Morgan fingerprint density at radius 2 is 2.15 bits per heavy atom. The lowest BCUT2D eigenvalue weighted by Crippen LogP contribution is -2.25. The van der Waals surface area contributed by atoms with Crippen LogP contribution in [0.5, 0.6) is 0 Å². The number of thiophene rings is 1. The molecule has 27 heavy (non-hydrogen) atoms. The molecule has 0 N–H and O–H groups in total. The second-order valence-corrected chi connectivity index (χ2v) is 8.39. The minimum absolute atomic E-state index is 0.0819. The number of hydrogen-bond acceptors (Lipinski definition) is 9. The smallest absolute Gasteiger partial charge is 0.323 e. The monoisotopic (exact) mass is 422 g/mol. The Morgan fingerprint density at radius 1 is 1.33 bits per heavy atom. The molecule has 0 aliphatic heterocycles. The van der Waals surface area contributed by atoms with Crippen LogP contribution in [0.15, 0.2) is 28.0 Å². The second-order valence-electron chi connectivity index (χ2n) is 5.61. The number of ketones is 1. The number of Topliss-reactive ketones (excluding diaryl/α,β-unsaturated/α-hetero) is 1. The van der Waals surface area contributed by atoms with E-state index < -0.39 is 11.9 Å². The lowest BCUT2D eigenvalue weighted by molar-refractivity contribution is -0.147. The number of esters is 1. The normalized spacial score (nSPS) is 12.1. The van der Waals surface area contributed by atoms with E-state index in [9.17, 15) is 9.59 Å². The zero-order valence-corrected chi connectivity index (χ0v) is 17.5. The first kappa shape index (κ1) is 19.7. The highest BCUT2D eigenvalue weighted by Gasteiger charge is 2.32. The van der Waals surface area contributed by atoms with Crippen molar-refractivity contribution in [2.24, 2.45) is 7.05 Å². The van der Waals surface area contributed by atoms with Crippen LogP contribution in [-0.4, -0.2) is 43.9 Å². The Balaban J connectivity index is 1.74. The van der Waals surface area contributed by atoms with Gasteiger partial charge in [-0.1, -0.05) is 17.8 Å². The molecule has 142 valence electrons. The molecule has 3 aromatic rings. The van der Waals surface area contributed by atoms with E-state index in [0.29, 0.717) is 10.2 Å². The van der Waals surface area contributed by atoms with E-state index in [1.807, 2.05) is 41.4 Å². The number of carbonyl (C=O) groups excluding carboxylic acids is 2.